The summed E-state index contributed by atoms with van der Waals surface area (Å²) in [6.07, 6.45) is 0. The molecule has 1 unspecified atom stereocenters. The summed E-state index contributed by atoms with van der Waals surface area (Å²) in [7, 11) is 4.71. The lowest BCUT2D eigenvalue weighted by Gasteiger charge is -2.18. The molecular weight excluding hydrogens is 208 g/mol. The highest BCUT2D eigenvalue weighted by Crippen LogP contribution is 2.42. The predicted molar refractivity (Wildman–Crippen MR) is 61.6 cm³/mol. The second kappa shape index (κ2) is 5.61. The van der Waals surface area contributed by atoms with Gasteiger partial charge in [-0.05, 0) is 6.07 Å². The van der Waals surface area contributed by atoms with Gasteiger partial charge in [0.1, 0.15) is 0 Å². The smallest absolute Gasteiger partial charge is 0.203 e. The Labute approximate surface area is 95.8 Å². The summed E-state index contributed by atoms with van der Waals surface area (Å²) in [6.45, 7) is 1.98. The normalized spacial score (nSPS) is 12.1. The lowest BCUT2D eigenvalue weighted by molar-refractivity contribution is 0.267. The molecule has 0 saturated carbocycles. The Morgan fingerprint density at radius 3 is 2.12 bits per heavy atom. The van der Waals surface area contributed by atoms with Crippen LogP contribution in [0.4, 0.5) is 0 Å². The van der Waals surface area contributed by atoms with Crippen molar-refractivity contribution in [3.8, 4) is 17.2 Å². The Balaban J connectivity index is 3.31. The van der Waals surface area contributed by atoms with E-state index in [1.807, 2.05) is 19.1 Å². The van der Waals surface area contributed by atoms with Gasteiger partial charge in [0.15, 0.2) is 11.5 Å². The van der Waals surface area contributed by atoms with E-state index >= 15 is 0 Å². The molecule has 0 saturated heterocycles. The van der Waals surface area contributed by atoms with Crippen LogP contribution in [0.1, 0.15) is 18.4 Å². The molecule has 0 fully saturated rings. The van der Waals surface area contributed by atoms with Crippen molar-refractivity contribution in [2.45, 2.75) is 12.8 Å². The van der Waals surface area contributed by atoms with Gasteiger partial charge in [-0.15, -0.1) is 0 Å². The van der Waals surface area contributed by atoms with Crippen molar-refractivity contribution >= 4 is 0 Å². The maximum Gasteiger partial charge on any atom is 0.203 e. The van der Waals surface area contributed by atoms with Crippen LogP contribution in [0.25, 0.3) is 0 Å². The summed E-state index contributed by atoms with van der Waals surface area (Å²) in [5.41, 5.74) is 0.905. The molecule has 1 atom stereocenters. The van der Waals surface area contributed by atoms with Crippen molar-refractivity contribution in [3.05, 3.63) is 17.7 Å². The molecule has 4 nitrogen and oxygen atoms in total. The van der Waals surface area contributed by atoms with Gasteiger partial charge in [-0.1, -0.05) is 13.0 Å². The maximum atomic E-state index is 9.17. The minimum atomic E-state index is -0.00486. The molecule has 0 spiro atoms. The van der Waals surface area contributed by atoms with Crippen molar-refractivity contribution in [1.29, 1.82) is 0 Å². The van der Waals surface area contributed by atoms with Crippen molar-refractivity contribution in [3.63, 3.8) is 0 Å². The summed E-state index contributed by atoms with van der Waals surface area (Å²) >= 11 is 0. The zero-order chi connectivity index (χ0) is 12.1. The molecule has 1 rings (SSSR count). The molecule has 16 heavy (non-hydrogen) atoms. The van der Waals surface area contributed by atoms with Crippen molar-refractivity contribution in [1.82, 2.24) is 0 Å². The average molecular weight is 226 g/mol. The first-order valence-electron chi connectivity index (χ1n) is 5.09. The number of ether oxygens (including phenoxy) is 3. The monoisotopic (exact) mass is 226 g/mol. The van der Waals surface area contributed by atoms with Crippen molar-refractivity contribution < 1.29 is 19.3 Å². The number of hydrogen-bond donors (Lipinski definition) is 1. The van der Waals surface area contributed by atoms with Crippen LogP contribution in [0.5, 0.6) is 17.2 Å². The zero-order valence-electron chi connectivity index (χ0n) is 10.1. The van der Waals surface area contributed by atoms with E-state index in [9.17, 15) is 5.11 Å². The Bertz CT molecular complexity index is 349. The van der Waals surface area contributed by atoms with Gasteiger partial charge in [0.2, 0.25) is 5.75 Å². The largest absolute Gasteiger partial charge is 0.493 e. The molecule has 4 heteroatoms. The van der Waals surface area contributed by atoms with Crippen LogP contribution in [0, 0.1) is 0 Å². The van der Waals surface area contributed by atoms with E-state index in [2.05, 4.69) is 0 Å². The van der Waals surface area contributed by atoms with Crippen LogP contribution in [0.3, 0.4) is 0 Å². The molecule has 0 radical (unpaired) electrons. The van der Waals surface area contributed by atoms with E-state index in [0.29, 0.717) is 17.2 Å². The van der Waals surface area contributed by atoms with Gasteiger partial charge in [0.25, 0.3) is 0 Å². The van der Waals surface area contributed by atoms with Crippen LogP contribution in [0.2, 0.25) is 0 Å². The molecular formula is C12H18O4. The maximum absolute atomic E-state index is 9.17. The summed E-state index contributed by atoms with van der Waals surface area (Å²) in [5.74, 6) is 1.79. The Morgan fingerprint density at radius 1 is 1.06 bits per heavy atom. The van der Waals surface area contributed by atoms with Crippen LogP contribution in [-0.4, -0.2) is 33.0 Å². The van der Waals surface area contributed by atoms with E-state index in [1.54, 1.807) is 21.3 Å². The van der Waals surface area contributed by atoms with Gasteiger partial charge in [0.05, 0.1) is 21.3 Å². The van der Waals surface area contributed by atoms with Gasteiger partial charge in [-0.3, -0.25) is 0 Å². The molecule has 1 aromatic carbocycles. The first-order valence-corrected chi connectivity index (χ1v) is 5.09. The van der Waals surface area contributed by atoms with E-state index in [-0.39, 0.29) is 12.5 Å². The van der Waals surface area contributed by atoms with Gasteiger partial charge < -0.3 is 19.3 Å². The lowest BCUT2D eigenvalue weighted by atomic mass is 10.00. The number of methoxy groups -OCH3 is 3. The molecule has 0 heterocycles. The van der Waals surface area contributed by atoms with Crippen molar-refractivity contribution in [2.24, 2.45) is 0 Å². The summed E-state index contributed by atoms with van der Waals surface area (Å²) in [6, 6.07) is 3.68. The van der Waals surface area contributed by atoms with Crippen LogP contribution in [-0.2, 0) is 0 Å². The number of aliphatic hydroxyl groups excluding tert-OH is 1. The lowest BCUT2D eigenvalue weighted by Crippen LogP contribution is -2.04. The van der Waals surface area contributed by atoms with Gasteiger partial charge in [-0.25, -0.2) is 0 Å². The summed E-state index contributed by atoms with van der Waals surface area (Å²) in [5, 5.41) is 9.17. The third-order valence-electron chi connectivity index (χ3n) is 2.54. The molecule has 90 valence electrons. The number of rotatable bonds is 5. The third-order valence-corrected chi connectivity index (χ3v) is 2.54. The highest BCUT2D eigenvalue weighted by Gasteiger charge is 2.18. The molecule has 0 bridgehead atoms. The van der Waals surface area contributed by atoms with Crippen LogP contribution in [0.15, 0.2) is 12.1 Å². The minimum absolute atomic E-state index is 0.00486. The minimum Gasteiger partial charge on any atom is -0.493 e. The Morgan fingerprint density at radius 2 is 1.69 bits per heavy atom. The highest BCUT2D eigenvalue weighted by atomic mass is 16.5. The second-order valence-corrected chi connectivity index (χ2v) is 3.51. The fourth-order valence-corrected chi connectivity index (χ4v) is 1.61. The number of aliphatic hydroxyl groups is 1. The zero-order valence-corrected chi connectivity index (χ0v) is 10.1. The van der Waals surface area contributed by atoms with Gasteiger partial charge in [0, 0.05) is 18.1 Å². The summed E-state index contributed by atoms with van der Waals surface area (Å²) < 4.78 is 15.8. The molecule has 1 aromatic rings. The fraction of sp³-hybridized carbons (Fsp3) is 0.500. The van der Waals surface area contributed by atoms with Crippen LogP contribution < -0.4 is 14.2 Å². The van der Waals surface area contributed by atoms with Gasteiger partial charge in [-0.2, -0.15) is 0 Å². The Kier molecular flexibility index (Phi) is 4.43. The molecule has 0 aliphatic carbocycles. The second-order valence-electron chi connectivity index (χ2n) is 3.51. The number of benzene rings is 1. The first-order chi connectivity index (χ1) is 7.69. The quantitative estimate of drug-likeness (QED) is 0.831. The highest BCUT2D eigenvalue weighted by molar-refractivity contribution is 5.56. The molecule has 0 aliphatic heterocycles. The molecule has 0 aromatic heterocycles. The number of hydrogen-bond acceptors (Lipinski definition) is 4. The van der Waals surface area contributed by atoms with Crippen molar-refractivity contribution in [2.75, 3.05) is 27.9 Å². The molecule has 0 amide bonds. The SMILES string of the molecule is COc1ccc(C(C)CO)c(OC)c1OC. The third kappa shape index (κ3) is 2.22. The molecule has 1 N–H and O–H groups in total. The summed E-state index contributed by atoms with van der Waals surface area (Å²) in [4.78, 5) is 0. The average Bonchev–Trinajstić information content (AvgIpc) is 2.35. The fourth-order valence-electron chi connectivity index (χ4n) is 1.61. The first kappa shape index (κ1) is 12.6. The van der Waals surface area contributed by atoms with E-state index in [4.69, 9.17) is 14.2 Å². The molecule has 0 aliphatic rings. The van der Waals surface area contributed by atoms with E-state index < -0.39 is 0 Å². The standard InChI is InChI=1S/C12H18O4/c1-8(7-13)9-5-6-10(14-2)12(16-4)11(9)15-3/h5-6,8,13H,7H2,1-4H3. The Hall–Kier alpha value is -1.42. The topological polar surface area (TPSA) is 47.9 Å². The predicted octanol–water partition coefficient (Wildman–Crippen LogP) is 1.81. The van der Waals surface area contributed by atoms with E-state index in [1.165, 1.54) is 0 Å². The van der Waals surface area contributed by atoms with Crippen LogP contribution >= 0.6 is 0 Å². The van der Waals surface area contributed by atoms with Gasteiger partial charge >= 0.3 is 0 Å². The van der Waals surface area contributed by atoms with E-state index in [0.717, 1.165) is 5.56 Å².